The van der Waals surface area contributed by atoms with Crippen molar-refractivity contribution in [2.24, 2.45) is 0 Å². The lowest BCUT2D eigenvalue weighted by Gasteiger charge is -2.09. The number of rotatable bonds is 5. The zero-order chi connectivity index (χ0) is 15.3. The van der Waals surface area contributed by atoms with E-state index in [1.165, 1.54) is 18.2 Å². The van der Waals surface area contributed by atoms with E-state index in [-0.39, 0.29) is 5.82 Å². The predicted octanol–water partition coefficient (Wildman–Crippen LogP) is 4.18. The summed E-state index contributed by atoms with van der Waals surface area (Å²) in [5.41, 5.74) is 0.928. The molecule has 0 aliphatic rings. The summed E-state index contributed by atoms with van der Waals surface area (Å²) in [6.45, 7) is 0.979. The Kier molecular flexibility index (Phi) is 4.96. The fraction of sp³-hybridized carbons (Fsp3) is 0.250. The van der Waals surface area contributed by atoms with Crippen LogP contribution in [0.5, 0.6) is 0 Å². The van der Waals surface area contributed by atoms with Gasteiger partial charge < -0.3 is 5.32 Å². The van der Waals surface area contributed by atoms with E-state index >= 15 is 0 Å². The second-order valence-electron chi connectivity index (χ2n) is 4.75. The molecule has 0 heterocycles. The fourth-order valence-electron chi connectivity index (χ4n) is 1.97. The van der Waals surface area contributed by atoms with Crippen molar-refractivity contribution in [1.29, 1.82) is 0 Å². The van der Waals surface area contributed by atoms with E-state index in [0.717, 1.165) is 17.7 Å². The van der Waals surface area contributed by atoms with Crippen LogP contribution in [0, 0.1) is 5.82 Å². The van der Waals surface area contributed by atoms with E-state index in [1.807, 2.05) is 0 Å². The zero-order valence-electron chi connectivity index (χ0n) is 11.3. The summed E-state index contributed by atoms with van der Waals surface area (Å²) >= 11 is 0. The Hall–Kier alpha value is -1.88. The number of alkyl halides is 3. The maximum absolute atomic E-state index is 12.7. The van der Waals surface area contributed by atoms with E-state index in [0.29, 0.717) is 25.1 Å². The molecule has 0 amide bonds. The summed E-state index contributed by atoms with van der Waals surface area (Å²) in [5.74, 6) is -0.282. The Morgan fingerprint density at radius 2 is 1.62 bits per heavy atom. The van der Waals surface area contributed by atoms with Gasteiger partial charge in [0.2, 0.25) is 0 Å². The average molecular weight is 297 g/mol. The molecule has 0 radical (unpaired) electrons. The van der Waals surface area contributed by atoms with Crippen molar-refractivity contribution in [1.82, 2.24) is 5.32 Å². The molecule has 0 aromatic heterocycles. The molecule has 0 saturated heterocycles. The van der Waals surface area contributed by atoms with Crippen molar-refractivity contribution >= 4 is 0 Å². The third-order valence-electron chi connectivity index (χ3n) is 3.09. The van der Waals surface area contributed by atoms with Crippen LogP contribution in [0.4, 0.5) is 17.6 Å². The summed E-state index contributed by atoms with van der Waals surface area (Å²) in [6, 6.07) is 11.4. The molecule has 0 aliphatic carbocycles. The first-order valence-corrected chi connectivity index (χ1v) is 6.56. The Labute approximate surface area is 120 Å². The maximum atomic E-state index is 12.7. The topological polar surface area (TPSA) is 12.0 Å². The molecule has 2 aromatic carbocycles. The Morgan fingerprint density at radius 3 is 2.29 bits per heavy atom. The van der Waals surface area contributed by atoms with Crippen LogP contribution in [-0.2, 0) is 19.1 Å². The van der Waals surface area contributed by atoms with Crippen molar-refractivity contribution in [3.05, 3.63) is 71.0 Å². The second-order valence-corrected chi connectivity index (χ2v) is 4.75. The van der Waals surface area contributed by atoms with Crippen LogP contribution in [-0.4, -0.2) is 6.54 Å². The molecular formula is C16H15F4N. The molecule has 0 aliphatic heterocycles. The second kappa shape index (κ2) is 6.72. The number of hydrogen-bond donors (Lipinski definition) is 1. The lowest BCUT2D eigenvalue weighted by Crippen LogP contribution is -2.17. The van der Waals surface area contributed by atoms with Gasteiger partial charge in [-0.05, 0) is 42.3 Å². The van der Waals surface area contributed by atoms with Crippen molar-refractivity contribution in [3.63, 3.8) is 0 Å². The molecule has 0 bridgehead atoms. The summed E-state index contributed by atoms with van der Waals surface area (Å²) in [4.78, 5) is 0. The quantitative estimate of drug-likeness (QED) is 0.645. The Balaban J connectivity index is 1.82. The summed E-state index contributed by atoms with van der Waals surface area (Å²) in [6.07, 6.45) is -3.62. The van der Waals surface area contributed by atoms with Gasteiger partial charge in [0.25, 0.3) is 0 Å². The van der Waals surface area contributed by atoms with E-state index in [4.69, 9.17) is 0 Å². The zero-order valence-corrected chi connectivity index (χ0v) is 11.3. The van der Waals surface area contributed by atoms with E-state index in [9.17, 15) is 17.6 Å². The highest BCUT2D eigenvalue weighted by atomic mass is 19.4. The van der Waals surface area contributed by atoms with Crippen molar-refractivity contribution in [3.8, 4) is 0 Å². The Morgan fingerprint density at radius 1 is 0.905 bits per heavy atom. The molecule has 5 heteroatoms. The predicted molar refractivity (Wildman–Crippen MR) is 73.3 cm³/mol. The molecule has 0 unspecified atom stereocenters. The van der Waals surface area contributed by atoms with Crippen LogP contribution in [0.1, 0.15) is 16.7 Å². The highest BCUT2D eigenvalue weighted by molar-refractivity contribution is 5.25. The Bertz CT molecular complexity index is 576. The summed E-state index contributed by atoms with van der Waals surface area (Å²) in [5, 5.41) is 3.08. The number of hydrogen-bond acceptors (Lipinski definition) is 1. The van der Waals surface area contributed by atoms with Crippen LogP contribution >= 0.6 is 0 Å². The molecule has 1 N–H and O–H groups in total. The number of benzene rings is 2. The standard InChI is InChI=1S/C16H15F4N/c17-15-6-4-12(5-7-15)8-9-21-11-13-2-1-3-14(10-13)16(18,19)20/h1-7,10,21H,8-9,11H2. The third-order valence-corrected chi connectivity index (χ3v) is 3.09. The van der Waals surface area contributed by atoms with Gasteiger partial charge in [0, 0.05) is 6.54 Å². The smallest absolute Gasteiger partial charge is 0.312 e. The van der Waals surface area contributed by atoms with Crippen LogP contribution in [0.15, 0.2) is 48.5 Å². The van der Waals surface area contributed by atoms with Gasteiger partial charge in [-0.2, -0.15) is 13.2 Å². The SMILES string of the molecule is Fc1ccc(CCNCc2cccc(C(F)(F)F)c2)cc1. The van der Waals surface area contributed by atoms with Crippen LogP contribution in [0.3, 0.4) is 0 Å². The van der Waals surface area contributed by atoms with E-state index < -0.39 is 11.7 Å². The van der Waals surface area contributed by atoms with Gasteiger partial charge in [0.15, 0.2) is 0 Å². The van der Waals surface area contributed by atoms with Crippen molar-refractivity contribution in [2.75, 3.05) is 6.54 Å². The van der Waals surface area contributed by atoms with Crippen LogP contribution in [0.2, 0.25) is 0 Å². The maximum Gasteiger partial charge on any atom is 0.416 e. The average Bonchev–Trinajstić information content (AvgIpc) is 2.45. The van der Waals surface area contributed by atoms with Crippen LogP contribution < -0.4 is 5.32 Å². The van der Waals surface area contributed by atoms with Gasteiger partial charge in [-0.1, -0.05) is 30.3 Å². The minimum Gasteiger partial charge on any atom is -0.312 e. The number of nitrogens with one attached hydrogen (secondary N) is 1. The molecule has 0 atom stereocenters. The molecule has 0 spiro atoms. The van der Waals surface area contributed by atoms with Gasteiger partial charge in [-0.25, -0.2) is 4.39 Å². The molecule has 0 saturated carbocycles. The molecule has 1 nitrogen and oxygen atoms in total. The first-order chi connectivity index (χ1) is 9.95. The van der Waals surface area contributed by atoms with Crippen LogP contribution in [0.25, 0.3) is 0 Å². The lowest BCUT2D eigenvalue weighted by atomic mass is 10.1. The number of halogens is 4. The monoisotopic (exact) mass is 297 g/mol. The van der Waals surface area contributed by atoms with E-state index in [1.54, 1.807) is 18.2 Å². The van der Waals surface area contributed by atoms with Crippen molar-refractivity contribution in [2.45, 2.75) is 19.1 Å². The van der Waals surface area contributed by atoms with Crippen molar-refractivity contribution < 1.29 is 17.6 Å². The van der Waals surface area contributed by atoms with Gasteiger partial charge in [-0.3, -0.25) is 0 Å². The molecule has 2 aromatic rings. The largest absolute Gasteiger partial charge is 0.416 e. The molecule has 0 fully saturated rings. The summed E-state index contributed by atoms with van der Waals surface area (Å²) in [7, 11) is 0. The first-order valence-electron chi connectivity index (χ1n) is 6.56. The van der Waals surface area contributed by atoms with Gasteiger partial charge in [-0.15, -0.1) is 0 Å². The lowest BCUT2D eigenvalue weighted by molar-refractivity contribution is -0.137. The molecular weight excluding hydrogens is 282 g/mol. The van der Waals surface area contributed by atoms with E-state index in [2.05, 4.69) is 5.32 Å². The first kappa shape index (κ1) is 15.5. The minimum absolute atomic E-state index is 0.282. The third kappa shape index (κ3) is 4.86. The molecule has 21 heavy (non-hydrogen) atoms. The highest BCUT2D eigenvalue weighted by Crippen LogP contribution is 2.29. The normalized spacial score (nSPS) is 11.6. The minimum atomic E-state index is -4.32. The highest BCUT2D eigenvalue weighted by Gasteiger charge is 2.30. The fourth-order valence-corrected chi connectivity index (χ4v) is 1.97. The summed E-state index contributed by atoms with van der Waals surface area (Å²) < 4.78 is 50.4. The van der Waals surface area contributed by atoms with Gasteiger partial charge in [0.05, 0.1) is 5.56 Å². The van der Waals surface area contributed by atoms with Gasteiger partial charge >= 0.3 is 6.18 Å². The van der Waals surface area contributed by atoms with Gasteiger partial charge in [0.1, 0.15) is 5.82 Å². The molecule has 112 valence electrons. The molecule has 2 rings (SSSR count).